The summed E-state index contributed by atoms with van der Waals surface area (Å²) in [5.41, 5.74) is 3.30. The summed E-state index contributed by atoms with van der Waals surface area (Å²) in [6.45, 7) is 3.62. The Kier molecular flexibility index (Phi) is 4.62. The van der Waals surface area contributed by atoms with Gasteiger partial charge in [0.1, 0.15) is 17.0 Å². The van der Waals surface area contributed by atoms with Crippen LogP contribution in [0.4, 0.5) is 0 Å². The van der Waals surface area contributed by atoms with Gasteiger partial charge in [-0.25, -0.2) is 0 Å². The first-order valence-electron chi connectivity index (χ1n) is 7.92. The highest BCUT2D eigenvalue weighted by Crippen LogP contribution is 2.25. The van der Waals surface area contributed by atoms with Crippen LogP contribution >= 0.6 is 0 Å². The molecule has 1 unspecified atom stereocenters. The maximum absolute atomic E-state index is 12.8. The number of aromatic nitrogens is 1. The van der Waals surface area contributed by atoms with E-state index in [1.807, 2.05) is 49.4 Å². The Hall–Kier alpha value is -3.39. The van der Waals surface area contributed by atoms with Crippen molar-refractivity contribution in [2.24, 2.45) is 0 Å². The summed E-state index contributed by atoms with van der Waals surface area (Å²) in [6.07, 6.45) is 0. The second-order valence-electron chi connectivity index (χ2n) is 5.76. The number of nitrogens with zero attached hydrogens (tertiary/aromatic N) is 2. The highest BCUT2D eigenvalue weighted by Gasteiger charge is 2.22. The molecule has 1 N–H and O–H groups in total. The molecule has 0 aliphatic heterocycles. The van der Waals surface area contributed by atoms with Crippen molar-refractivity contribution in [3.05, 3.63) is 77.0 Å². The lowest BCUT2D eigenvalue weighted by Crippen LogP contribution is -2.27. The number of benzene rings is 2. The van der Waals surface area contributed by atoms with Gasteiger partial charge in [-0.05, 0) is 31.5 Å². The Morgan fingerprint density at radius 3 is 2.48 bits per heavy atom. The molecule has 0 bridgehead atoms. The molecule has 1 atom stereocenters. The van der Waals surface area contributed by atoms with E-state index in [1.54, 1.807) is 19.1 Å². The topological polar surface area (TPSA) is 78.9 Å². The Balaban J connectivity index is 1.84. The number of carbonyl (C=O) groups is 1. The molecule has 3 aromatic rings. The van der Waals surface area contributed by atoms with E-state index in [0.717, 1.165) is 11.1 Å². The Bertz CT molecular complexity index is 922. The van der Waals surface area contributed by atoms with E-state index in [2.05, 4.69) is 16.5 Å². The van der Waals surface area contributed by atoms with Crippen molar-refractivity contribution in [2.75, 3.05) is 0 Å². The van der Waals surface area contributed by atoms with Crippen molar-refractivity contribution in [1.82, 2.24) is 10.5 Å². The third-order valence-electron chi connectivity index (χ3n) is 4.02. The number of nitrogens with one attached hydrogen (secondary N) is 1. The molecule has 0 fully saturated rings. The minimum absolute atomic E-state index is 0.210. The van der Waals surface area contributed by atoms with Crippen LogP contribution in [0.1, 0.15) is 40.2 Å². The number of amides is 1. The summed E-state index contributed by atoms with van der Waals surface area (Å²) >= 11 is 0. The number of hydrogen-bond acceptors (Lipinski definition) is 4. The molecular weight excluding hydrogens is 314 g/mol. The van der Waals surface area contributed by atoms with E-state index < -0.39 is 0 Å². The minimum Gasteiger partial charge on any atom is -0.360 e. The molecule has 1 heterocycles. The summed E-state index contributed by atoms with van der Waals surface area (Å²) in [6, 6.07) is 18.5. The lowest BCUT2D eigenvalue weighted by Gasteiger charge is -2.14. The molecule has 25 heavy (non-hydrogen) atoms. The van der Waals surface area contributed by atoms with Gasteiger partial charge in [-0.1, -0.05) is 47.6 Å². The standard InChI is InChI=1S/C20H17N3O2/c1-13(16-10-8-15(12-21)9-11-16)22-20(24)18-14(2)25-23-19(18)17-6-4-3-5-7-17/h3-11,13H,1-2H3,(H,22,24). The lowest BCUT2D eigenvalue weighted by atomic mass is 10.0. The molecule has 0 radical (unpaired) electrons. The third kappa shape index (κ3) is 3.43. The van der Waals surface area contributed by atoms with Gasteiger partial charge in [-0.2, -0.15) is 5.26 Å². The highest BCUT2D eigenvalue weighted by atomic mass is 16.5. The van der Waals surface area contributed by atoms with Crippen LogP contribution in [-0.2, 0) is 0 Å². The van der Waals surface area contributed by atoms with Crippen LogP contribution < -0.4 is 5.32 Å². The van der Waals surface area contributed by atoms with E-state index in [0.29, 0.717) is 22.6 Å². The quantitative estimate of drug-likeness (QED) is 0.783. The molecule has 0 aliphatic rings. The van der Waals surface area contributed by atoms with E-state index in [4.69, 9.17) is 9.78 Å². The van der Waals surface area contributed by atoms with Crippen molar-refractivity contribution in [3.8, 4) is 17.3 Å². The maximum atomic E-state index is 12.8. The first-order valence-corrected chi connectivity index (χ1v) is 7.92. The zero-order chi connectivity index (χ0) is 17.8. The molecular formula is C20H17N3O2. The molecule has 5 nitrogen and oxygen atoms in total. The van der Waals surface area contributed by atoms with Gasteiger partial charge in [-0.15, -0.1) is 0 Å². The van der Waals surface area contributed by atoms with Crippen LogP contribution in [0.3, 0.4) is 0 Å². The van der Waals surface area contributed by atoms with Gasteiger partial charge in [0.15, 0.2) is 0 Å². The zero-order valence-electron chi connectivity index (χ0n) is 14.0. The number of rotatable bonds is 4. The number of hydrogen-bond donors (Lipinski definition) is 1. The van der Waals surface area contributed by atoms with Crippen molar-refractivity contribution < 1.29 is 9.32 Å². The van der Waals surface area contributed by atoms with Gasteiger partial charge in [-0.3, -0.25) is 4.79 Å². The molecule has 0 saturated heterocycles. The normalized spacial score (nSPS) is 11.6. The molecule has 0 aliphatic carbocycles. The summed E-state index contributed by atoms with van der Waals surface area (Å²) in [7, 11) is 0. The molecule has 1 amide bonds. The predicted octanol–water partition coefficient (Wildman–Crippen LogP) is 4.01. The largest absolute Gasteiger partial charge is 0.360 e. The van der Waals surface area contributed by atoms with Crippen LogP contribution in [0.5, 0.6) is 0 Å². The Morgan fingerprint density at radius 1 is 1.16 bits per heavy atom. The van der Waals surface area contributed by atoms with Crippen LogP contribution in [0.25, 0.3) is 11.3 Å². The van der Waals surface area contributed by atoms with E-state index in [9.17, 15) is 4.79 Å². The molecule has 5 heteroatoms. The first kappa shape index (κ1) is 16.5. The average molecular weight is 331 g/mol. The number of nitriles is 1. The van der Waals surface area contributed by atoms with Gasteiger partial charge in [0.05, 0.1) is 17.7 Å². The molecule has 2 aromatic carbocycles. The van der Waals surface area contributed by atoms with Crippen LogP contribution in [0, 0.1) is 18.3 Å². The van der Waals surface area contributed by atoms with Gasteiger partial charge in [0.25, 0.3) is 5.91 Å². The predicted molar refractivity (Wildman–Crippen MR) is 93.7 cm³/mol. The van der Waals surface area contributed by atoms with Crippen LogP contribution in [0.2, 0.25) is 0 Å². The van der Waals surface area contributed by atoms with Gasteiger partial charge >= 0.3 is 0 Å². The van der Waals surface area contributed by atoms with Gasteiger partial charge in [0, 0.05) is 5.56 Å². The molecule has 0 saturated carbocycles. The molecule has 1 aromatic heterocycles. The fourth-order valence-corrected chi connectivity index (χ4v) is 2.63. The molecule has 3 rings (SSSR count). The van der Waals surface area contributed by atoms with Crippen LogP contribution in [-0.4, -0.2) is 11.1 Å². The minimum atomic E-state index is -0.241. The van der Waals surface area contributed by atoms with E-state index in [1.165, 1.54) is 0 Å². The Labute approximate surface area is 145 Å². The van der Waals surface area contributed by atoms with Crippen molar-refractivity contribution in [2.45, 2.75) is 19.9 Å². The Morgan fingerprint density at radius 2 is 1.84 bits per heavy atom. The molecule has 124 valence electrons. The first-order chi connectivity index (χ1) is 12.1. The lowest BCUT2D eigenvalue weighted by molar-refractivity contribution is 0.0939. The van der Waals surface area contributed by atoms with Crippen molar-refractivity contribution >= 4 is 5.91 Å². The van der Waals surface area contributed by atoms with Gasteiger partial charge in [0.2, 0.25) is 0 Å². The third-order valence-corrected chi connectivity index (χ3v) is 4.02. The second-order valence-corrected chi connectivity index (χ2v) is 5.76. The maximum Gasteiger partial charge on any atom is 0.257 e. The van der Waals surface area contributed by atoms with E-state index in [-0.39, 0.29) is 11.9 Å². The monoisotopic (exact) mass is 331 g/mol. The molecule has 0 spiro atoms. The SMILES string of the molecule is Cc1onc(-c2ccccc2)c1C(=O)NC(C)c1ccc(C#N)cc1. The summed E-state index contributed by atoms with van der Waals surface area (Å²) in [4.78, 5) is 12.8. The zero-order valence-corrected chi connectivity index (χ0v) is 14.0. The van der Waals surface area contributed by atoms with Crippen LogP contribution in [0.15, 0.2) is 59.1 Å². The summed E-state index contributed by atoms with van der Waals surface area (Å²) < 4.78 is 5.24. The number of carbonyl (C=O) groups excluding carboxylic acids is 1. The highest BCUT2D eigenvalue weighted by molar-refractivity contribution is 6.00. The fourth-order valence-electron chi connectivity index (χ4n) is 2.63. The second kappa shape index (κ2) is 7.02. The van der Waals surface area contributed by atoms with Gasteiger partial charge < -0.3 is 9.84 Å². The smallest absolute Gasteiger partial charge is 0.257 e. The number of aryl methyl sites for hydroxylation is 1. The average Bonchev–Trinajstić information content (AvgIpc) is 3.04. The van der Waals surface area contributed by atoms with Crippen molar-refractivity contribution in [1.29, 1.82) is 5.26 Å². The fraction of sp³-hybridized carbons (Fsp3) is 0.150. The summed E-state index contributed by atoms with van der Waals surface area (Å²) in [5, 5.41) is 15.9. The van der Waals surface area contributed by atoms with Crippen molar-refractivity contribution in [3.63, 3.8) is 0 Å². The summed E-state index contributed by atoms with van der Waals surface area (Å²) in [5.74, 6) is 0.234. The van der Waals surface area contributed by atoms with E-state index >= 15 is 0 Å².